The molecule has 5 heteroatoms. The summed E-state index contributed by atoms with van der Waals surface area (Å²) >= 11 is 0. The molecule has 1 fully saturated rings. The minimum Gasteiger partial charge on any atom is -0.423 e. The number of nitrogens with zero attached hydrogens (tertiary/aromatic N) is 1. The predicted molar refractivity (Wildman–Crippen MR) is 60.5 cm³/mol. The molecule has 0 radical (unpaired) electrons. The number of Topliss-reactive ketones (excluding diaryl/α,β-unsaturated/α-hetero) is 1. The van der Waals surface area contributed by atoms with Crippen LogP contribution in [0.25, 0.3) is 0 Å². The number of aromatic nitrogens is 1. The van der Waals surface area contributed by atoms with Crippen LogP contribution in [0.15, 0.2) is 12.3 Å². The van der Waals surface area contributed by atoms with Gasteiger partial charge in [0.05, 0.1) is 0 Å². The second-order valence-corrected chi connectivity index (χ2v) is 4.37. The predicted octanol–water partition coefficient (Wildman–Crippen LogP) is 0.0526. The van der Waals surface area contributed by atoms with Crippen LogP contribution < -0.4 is 5.46 Å². The minimum atomic E-state index is -1.53. The van der Waals surface area contributed by atoms with Crippen LogP contribution in [0.2, 0.25) is 0 Å². The molecule has 84 valence electrons. The van der Waals surface area contributed by atoms with Crippen LogP contribution in [0, 0.1) is 12.8 Å². The van der Waals surface area contributed by atoms with Gasteiger partial charge in [-0.3, -0.25) is 9.78 Å². The van der Waals surface area contributed by atoms with E-state index in [1.165, 1.54) is 6.20 Å². The van der Waals surface area contributed by atoms with E-state index in [1.807, 2.05) is 0 Å². The Balaban J connectivity index is 2.16. The zero-order valence-corrected chi connectivity index (χ0v) is 9.18. The van der Waals surface area contributed by atoms with Gasteiger partial charge >= 0.3 is 7.12 Å². The van der Waals surface area contributed by atoms with Crippen molar-refractivity contribution in [3.8, 4) is 0 Å². The molecule has 4 nitrogen and oxygen atoms in total. The number of hydrogen-bond donors (Lipinski definition) is 2. The molecule has 16 heavy (non-hydrogen) atoms. The van der Waals surface area contributed by atoms with Gasteiger partial charge in [-0.2, -0.15) is 0 Å². The second kappa shape index (κ2) is 4.35. The summed E-state index contributed by atoms with van der Waals surface area (Å²) in [6.45, 7) is 1.74. The minimum absolute atomic E-state index is 0.0459. The smallest absolute Gasteiger partial charge is 0.423 e. The molecule has 0 unspecified atom stereocenters. The Hall–Kier alpha value is -1.20. The van der Waals surface area contributed by atoms with Crippen molar-refractivity contribution in [2.75, 3.05) is 0 Å². The Morgan fingerprint density at radius 2 is 2.25 bits per heavy atom. The van der Waals surface area contributed by atoms with Crippen molar-refractivity contribution >= 4 is 18.4 Å². The lowest BCUT2D eigenvalue weighted by Gasteiger charge is -2.06. The van der Waals surface area contributed by atoms with Crippen molar-refractivity contribution in [2.45, 2.75) is 26.2 Å². The fraction of sp³-hybridized carbons (Fsp3) is 0.455. The van der Waals surface area contributed by atoms with Gasteiger partial charge in [-0.1, -0.05) is 0 Å². The highest BCUT2D eigenvalue weighted by atomic mass is 16.4. The van der Waals surface area contributed by atoms with E-state index in [0.29, 0.717) is 29.1 Å². The number of hydrogen-bond acceptors (Lipinski definition) is 4. The summed E-state index contributed by atoms with van der Waals surface area (Å²) in [6.07, 6.45) is 4.20. The molecule has 0 aliphatic heterocycles. The number of rotatable bonds is 4. The molecule has 1 saturated carbocycles. The van der Waals surface area contributed by atoms with Crippen LogP contribution in [0.5, 0.6) is 0 Å². The maximum absolute atomic E-state index is 11.7. The van der Waals surface area contributed by atoms with Crippen molar-refractivity contribution in [1.82, 2.24) is 4.98 Å². The van der Waals surface area contributed by atoms with Crippen LogP contribution in [0.1, 0.15) is 35.3 Å². The maximum atomic E-state index is 11.7. The Morgan fingerprint density at radius 1 is 1.56 bits per heavy atom. The van der Waals surface area contributed by atoms with E-state index >= 15 is 0 Å². The van der Waals surface area contributed by atoms with Gasteiger partial charge in [0.2, 0.25) is 0 Å². The van der Waals surface area contributed by atoms with Gasteiger partial charge in [-0.15, -0.1) is 0 Å². The van der Waals surface area contributed by atoms with E-state index in [2.05, 4.69) is 4.98 Å². The Kier molecular flexibility index (Phi) is 3.07. The lowest BCUT2D eigenvalue weighted by Crippen LogP contribution is -2.33. The van der Waals surface area contributed by atoms with Gasteiger partial charge in [0.1, 0.15) is 5.69 Å². The number of ketones is 1. The Labute approximate surface area is 94.5 Å². The normalized spacial score (nSPS) is 14.9. The fourth-order valence-electron chi connectivity index (χ4n) is 1.68. The van der Waals surface area contributed by atoms with E-state index in [9.17, 15) is 4.79 Å². The van der Waals surface area contributed by atoms with Gasteiger partial charge in [-0.25, -0.2) is 0 Å². The average Bonchev–Trinajstić information content (AvgIpc) is 3.00. The first-order chi connectivity index (χ1) is 7.58. The van der Waals surface area contributed by atoms with Crippen molar-refractivity contribution in [1.29, 1.82) is 0 Å². The van der Waals surface area contributed by atoms with Crippen molar-refractivity contribution in [2.24, 2.45) is 5.92 Å². The van der Waals surface area contributed by atoms with Gasteiger partial charge < -0.3 is 10.0 Å². The Bertz CT molecular complexity index is 416. The molecule has 2 N–H and O–H groups in total. The third-order valence-electron chi connectivity index (χ3n) is 2.89. The van der Waals surface area contributed by atoms with E-state index in [0.717, 1.165) is 12.8 Å². The molecule has 0 amide bonds. The van der Waals surface area contributed by atoms with E-state index < -0.39 is 7.12 Å². The molecule has 1 heterocycles. The van der Waals surface area contributed by atoms with Crippen molar-refractivity contribution in [3.05, 3.63) is 23.5 Å². The van der Waals surface area contributed by atoms with E-state index in [1.54, 1.807) is 13.0 Å². The third kappa shape index (κ3) is 2.48. The Morgan fingerprint density at radius 3 is 2.75 bits per heavy atom. The lowest BCUT2D eigenvalue weighted by molar-refractivity contribution is 0.0971. The molecule has 1 aromatic heterocycles. The summed E-state index contributed by atoms with van der Waals surface area (Å²) in [6, 6.07) is 1.62. The number of pyridine rings is 1. The second-order valence-electron chi connectivity index (χ2n) is 4.37. The standard InChI is InChI=1S/C11H14BNO3/c1-7-4-10(11(14)5-8-2-3-8)13-6-9(7)12(15)16/h4,6,8,15-16H,2-3,5H2,1H3. The topological polar surface area (TPSA) is 70.4 Å². The summed E-state index contributed by atoms with van der Waals surface area (Å²) in [5, 5.41) is 18.0. The third-order valence-corrected chi connectivity index (χ3v) is 2.89. The number of aryl methyl sites for hydroxylation is 1. The molecule has 1 aliphatic rings. The van der Waals surface area contributed by atoms with Gasteiger partial charge in [-0.05, 0) is 37.3 Å². The zero-order chi connectivity index (χ0) is 11.7. The van der Waals surface area contributed by atoms with Gasteiger partial charge in [0, 0.05) is 18.1 Å². The van der Waals surface area contributed by atoms with Crippen LogP contribution >= 0.6 is 0 Å². The fourth-order valence-corrected chi connectivity index (χ4v) is 1.68. The van der Waals surface area contributed by atoms with Gasteiger partial charge in [0.15, 0.2) is 5.78 Å². The monoisotopic (exact) mass is 219 g/mol. The molecule has 2 rings (SSSR count). The van der Waals surface area contributed by atoms with E-state index in [4.69, 9.17) is 10.0 Å². The summed E-state index contributed by atoms with van der Waals surface area (Å²) in [7, 11) is -1.53. The largest absolute Gasteiger partial charge is 0.490 e. The molecular formula is C11H14BNO3. The molecule has 1 aromatic rings. The first kappa shape index (κ1) is 11.3. The van der Waals surface area contributed by atoms with Crippen molar-refractivity contribution < 1.29 is 14.8 Å². The van der Waals surface area contributed by atoms with Gasteiger partial charge in [0.25, 0.3) is 0 Å². The zero-order valence-electron chi connectivity index (χ0n) is 9.18. The number of carbonyl (C=O) groups excluding carboxylic acids is 1. The highest BCUT2D eigenvalue weighted by molar-refractivity contribution is 6.59. The molecule has 0 aromatic carbocycles. The quantitative estimate of drug-likeness (QED) is 0.554. The SMILES string of the molecule is Cc1cc(C(=O)CC2CC2)ncc1B(O)O. The van der Waals surface area contributed by atoms with Crippen LogP contribution in [-0.2, 0) is 0 Å². The highest BCUT2D eigenvalue weighted by Gasteiger charge is 2.26. The summed E-state index contributed by atoms with van der Waals surface area (Å²) in [5.74, 6) is 0.585. The van der Waals surface area contributed by atoms with E-state index in [-0.39, 0.29) is 5.78 Å². The van der Waals surface area contributed by atoms with Crippen LogP contribution in [0.3, 0.4) is 0 Å². The molecule has 0 spiro atoms. The lowest BCUT2D eigenvalue weighted by atomic mass is 9.78. The molecule has 0 saturated heterocycles. The molecule has 1 aliphatic carbocycles. The first-order valence-corrected chi connectivity index (χ1v) is 5.44. The molecule has 0 atom stereocenters. The van der Waals surface area contributed by atoms with Crippen LogP contribution in [-0.4, -0.2) is 27.9 Å². The van der Waals surface area contributed by atoms with Crippen molar-refractivity contribution in [3.63, 3.8) is 0 Å². The number of carbonyl (C=O) groups is 1. The highest BCUT2D eigenvalue weighted by Crippen LogP contribution is 2.33. The summed E-state index contributed by atoms with van der Waals surface area (Å²) in [4.78, 5) is 15.7. The summed E-state index contributed by atoms with van der Waals surface area (Å²) in [5.41, 5.74) is 1.46. The molecular weight excluding hydrogens is 205 g/mol. The first-order valence-electron chi connectivity index (χ1n) is 5.44. The molecule has 0 bridgehead atoms. The average molecular weight is 219 g/mol. The van der Waals surface area contributed by atoms with Crippen LogP contribution in [0.4, 0.5) is 0 Å². The summed E-state index contributed by atoms with van der Waals surface area (Å²) < 4.78 is 0. The maximum Gasteiger partial charge on any atom is 0.490 e.